The molecular formula is C12H17ClN2S. The number of rotatable bonds is 4. The summed E-state index contributed by atoms with van der Waals surface area (Å²) in [5.41, 5.74) is 7.61. The van der Waals surface area contributed by atoms with E-state index in [1.54, 1.807) is 0 Å². The number of anilines is 2. The number of nitrogens with one attached hydrogen (secondary N) is 1. The highest BCUT2D eigenvalue weighted by Crippen LogP contribution is 2.43. The van der Waals surface area contributed by atoms with E-state index >= 15 is 0 Å². The van der Waals surface area contributed by atoms with Gasteiger partial charge in [0.05, 0.1) is 11.4 Å². The topological polar surface area (TPSA) is 38.0 Å². The number of thioether (sulfide) groups is 1. The Balaban J connectivity index is 2.01. The summed E-state index contributed by atoms with van der Waals surface area (Å²) in [6, 6.07) is 5.55. The molecule has 0 heterocycles. The third-order valence-corrected chi connectivity index (χ3v) is 4.97. The van der Waals surface area contributed by atoms with Crippen LogP contribution in [0.3, 0.4) is 0 Å². The van der Waals surface area contributed by atoms with Gasteiger partial charge >= 0.3 is 0 Å². The lowest BCUT2D eigenvalue weighted by Crippen LogP contribution is -2.40. The number of nitrogens with two attached hydrogens (primary N) is 1. The van der Waals surface area contributed by atoms with Crippen molar-refractivity contribution in [2.24, 2.45) is 0 Å². The van der Waals surface area contributed by atoms with E-state index < -0.39 is 0 Å². The van der Waals surface area contributed by atoms with E-state index in [2.05, 4.69) is 11.6 Å². The average molecular weight is 257 g/mol. The first-order valence-corrected chi connectivity index (χ1v) is 7.09. The van der Waals surface area contributed by atoms with Gasteiger partial charge in [-0.3, -0.25) is 0 Å². The van der Waals surface area contributed by atoms with E-state index in [1.807, 2.05) is 30.0 Å². The highest BCUT2D eigenvalue weighted by molar-refractivity contribution is 8.00. The van der Waals surface area contributed by atoms with Crippen LogP contribution in [-0.4, -0.2) is 17.5 Å². The Kier molecular flexibility index (Phi) is 3.55. The summed E-state index contributed by atoms with van der Waals surface area (Å²) in [5, 5.41) is 4.14. The van der Waals surface area contributed by atoms with Crippen LogP contribution >= 0.6 is 23.4 Å². The van der Waals surface area contributed by atoms with E-state index in [-0.39, 0.29) is 0 Å². The Labute approximate surface area is 106 Å². The van der Waals surface area contributed by atoms with E-state index in [0.29, 0.717) is 4.75 Å². The number of halogens is 1. The van der Waals surface area contributed by atoms with Gasteiger partial charge in [-0.2, -0.15) is 11.8 Å². The van der Waals surface area contributed by atoms with Crippen molar-refractivity contribution in [3.8, 4) is 0 Å². The molecule has 0 aromatic heterocycles. The molecule has 0 spiro atoms. The first-order chi connectivity index (χ1) is 7.65. The van der Waals surface area contributed by atoms with Crippen LogP contribution in [-0.2, 0) is 0 Å². The third-order valence-electron chi connectivity index (χ3n) is 3.31. The smallest absolute Gasteiger partial charge is 0.0589 e. The second-order valence-electron chi connectivity index (χ2n) is 4.33. The first-order valence-electron chi connectivity index (χ1n) is 5.49. The third kappa shape index (κ3) is 2.41. The van der Waals surface area contributed by atoms with Crippen LogP contribution in [0, 0.1) is 0 Å². The maximum atomic E-state index is 5.95. The molecule has 16 heavy (non-hydrogen) atoms. The second kappa shape index (κ2) is 4.76. The lowest BCUT2D eigenvalue weighted by Gasteiger charge is -2.40. The van der Waals surface area contributed by atoms with Crippen LogP contribution in [0.15, 0.2) is 18.2 Å². The van der Waals surface area contributed by atoms with Gasteiger partial charge in [0, 0.05) is 16.3 Å². The molecule has 1 saturated carbocycles. The summed E-state index contributed by atoms with van der Waals surface area (Å²) < 4.78 is 0.411. The van der Waals surface area contributed by atoms with Gasteiger partial charge in [-0.05, 0) is 37.3 Å². The van der Waals surface area contributed by atoms with Crippen LogP contribution in [0.2, 0.25) is 5.02 Å². The number of hydrogen-bond acceptors (Lipinski definition) is 3. The van der Waals surface area contributed by atoms with Gasteiger partial charge in [0.2, 0.25) is 0 Å². The van der Waals surface area contributed by atoms with E-state index in [4.69, 9.17) is 17.3 Å². The van der Waals surface area contributed by atoms with Crippen LogP contribution in [0.4, 0.5) is 11.4 Å². The molecule has 0 atom stereocenters. The molecule has 3 N–H and O–H groups in total. The van der Waals surface area contributed by atoms with Gasteiger partial charge in [-0.1, -0.05) is 18.0 Å². The van der Waals surface area contributed by atoms with Crippen LogP contribution in [0.5, 0.6) is 0 Å². The standard InChI is InChI=1S/C12H17ClN2S/c1-16-12(5-2-6-12)8-15-11-7-9(13)3-4-10(11)14/h3-4,7,15H,2,5-6,8,14H2,1H3. The Hall–Kier alpha value is -0.540. The Bertz CT molecular complexity index is 372. The Morgan fingerprint density at radius 3 is 2.81 bits per heavy atom. The van der Waals surface area contributed by atoms with Gasteiger partial charge in [-0.25, -0.2) is 0 Å². The van der Waals surface area contributed by atoms with Crippen LogP contribution in [0.25, 0.3) is 0 Å². The predicted octanol–water partition coefficient (Wildman–Crippen LogP) is 3.62. The predicted molar refractivity (Wildman–Crippen MR) is 74.5 cm³/mol. The summed E-state index contributed by atoms with van der Waals surface area (Å²) in [6.45, 7) is 0.971. The lowest BCUT2D eigenvalue weighted by molar-refractivity contribution is 0.380. The number of hydrogen-bond donors (Lipinski definition) is 2. The molecule has 0 bridgehead atoms. The van der Waals surface area contributed by atoms with Gasteiger partial charge in [-0.15, -0.1) is 0 Å². The van der Waals surface area contributed by atoms with Crippen molar-refractivity contribution in [1.82, 2.24) is 0 Å². The summed E-state index contributed by atoms with van der Waals surface area (Å²) in [7, 11) is 0. The summed E-state index contributed by atoms with van der Waals surface area (Å²) in [5.74, 6) is 0. The monoisotopic (exact) mass is 256 g/mol. The zero-order valence-electron chi connectivity index (χ0n) is 9.42. The van der Waals surface area contributed by atoms with Gasteiger partial charge in [0.15, 0.2) is 0 Å². The quantitative estimate of drug-likeness (QED) is 0.808. The molecule has 0 aliphatic heterocycles. The summed E-state index contributed by atoms with van der Waals surface area (Å²) in [6.07, 6.45) is 6.11. The van der Waals surface area contributed by atoms with Crippen molar-refractivity contribution in [3.63, 3.8) is 0 Å². The summed E-state index contributed by atoms with van der Waals surface area (Å²) in [4.78, 5) is 0. The maximum Gasteiger partial charge on any atom is 0.0589 e. The molecule has 1 aliphatic carbocycles. The molecule has 2 nitrogen and oxygen atoms in total. The van der Waals surface area contributed by atoms with Crippen molar-refractivity contribution >= 4 is 34.7 Å². The van der Waals surface area contributed by atoms with E-state index in [9.17, 15) is 0 Å². The van der Waals surface area contributed by atoms with Crippen LogP contribution in [0.1, 0.15) is 19.3 Å². The molecule has 2 rings (SSSR count). The van der Waals surface area contributed by atoms with E-state index in [0.717, 1.165) is 22.9 Å². The molecule has 1 fully saturated rings. The molecule has 1 aliphatic rings. The minimum absolute atomic E-state index is 0.411. The molecule has 1 aromatic carbocycles. The van der Waals surface area contributed by atoms with Gasteiger partial charge in [0.1, 0.15) is 0 Å². The molecule has 88 valence electrons. The number of nitrogen functional groups attached to an aromatic ring is 1. The molecule has 0 saturated heterocycles. The van der Waals surface area contributed by atoms with Crippen molar-refractivity contribution in [3.05, 3.63) is 23.2 Å². The fourth-order valence-electron chi connectivity index (χ4n) is 1.96. The van der Waals surface area contributed by atoms with E-state index in [1.165, 1.54) is 19.3 Å². The molecule has 0 radical (unpaired) electrons. The fraction of sp³-hybridized carbons (Fsp3) is 0.500. The minimum atomic E-state index is 0.411. The average Bonchev–Trinajstić information content (AvgIpc) is 2.22. The molecule has 4 heteroatoms. The molecule has 0 amide bonds. The largest absolute Gasteiger partial charge is 0.397 e. The molecular weight excluding hydrogens is 240 g/mol. The minimum Gasteiger partial charge on any atom is -0.397 e. The first kappa shape index (κ1) is 11.9. The maximum absolute atomic E-state index is 5.95. The van der Waals surface area contributed by atoms with Gasteiger partial charge in [0.25, 0.3) is 0 Å². The zero-order valence-corrected chi connectivity index (χ0v) is 11.0. The second-order valence-corrected chi connectivity index (χ2v) is 6.04. The lowest BCUT2D eigenvalue weighted by atomic mass is 9.84. The zero-order chi connectivity index (χ0) is 11.6. The molecule has 0 unspecified atom stereocenters. The Morgan fingerprint density at radius 2 is 2.25 bits per heavy atom. The fourth-order valence-corrected chi connectivity index (χ4v) is 3.05. The van der Waals surface area contributed by atoms with Crippen LogP contribution < -0.4 is 11.1 Å². The van der Waals surface area contributed by atoms with Crippen molar-refractivity contribution in [2.75, 3.05) is 23.9 Å². The van der Waals surface area contributed by atoms with Crippen molar-refractivity contribution in [1.29, 1.82) is 0 Å². The Morgan fingerprint density at radius 1 is 1.50 bits per heavy atom. The van der Waals surface area contributed by atoms with Crippen molar-refractivity contribution in [2.45, 2.75) is 24.0 Å². The normalized spacial score (nSPS) is 17.9. The van der Waals surface area contributed by atoms with Gasteiger partial charge < -0.3 is 11.1 Å². The van der Waals surface area contributed by atoms with Crippen molar-refractivity contribution < 1.29 is 0 Å². The summed E-state index contributed by atoms with van der Waals surface area (Å²) >= 11 is 7.90. The highest BCUT2D eigenvalue weighted by Gasteiger charge is 2.35. The SMILES string of the molecule is CSC1(CNc2cc(Cl)ccc2N)CCC1. The number of benzene rings is 1. The highest BCUT2D eigenvalue weighted by atomic mass is 35.5. The molecule has 1 aromatic rings.